The van der Waals surface area contributed by atoms with Crippen molar-refractivity contribution in [1.82, 2.24) is 9.99 Å². The second kappa shape index (κ2) is 8.47. The van der Waals surface area contributed by atoms with Crippen LogP contribution in [-0.4, -0.2) is 16.7 Å². The van der Waals surface area contributed by atoms with Gasteiger partial charge >= 0.3 is 0 Å². The van der Waals surface area contributed by atoms with Gasteiger partial charge in [0.25, 0.3) is 11.5 Å². The number of benzene rings is 2. The van der Waals surface area contributed by atoms with Gasteiger partial charge in [-0.15, -0.1) is 0 Å². The molecular weight excluding hydrogens is 362 g/mol. The molecule has 1 heterocycles. The van der Waals surface area contributed by atoms with E-state index in [1.54, 1.807) is 24.4 Å². The van der Waals surface area contributed by atoms with Gasteiger partial charge in [0, 0.05) is 11.2 Å². The third-order valence-corrected chi connectivity index (χ3v) is 4.20. The Balaban J connectivity index is 1.73. The summed E-state index contributed by atoms with van der Waals surface area (Å²) in [5.41, 5.74) is 4.91. The Morgan fingerprint density at radius 1 is 1.15 bits per heavy atom. The summed E-state index contributed by atoms with van der Waals surface area (Å²) in [5.74, 6) is -0.552. The number of hydrogen-bond donors (Lipinski definition) is 1. The summed E-state index contributed by atoms with van der Waals surface area (Å²) in [6, 6.07) is 18.1. The van der Waals surface area contributed by atoms with Crippen LogP contribution >= 0.6 is 11.6 Å². The van der Waals surface area contributed by atoms with Gasteiger partial charge in [-0.2, -0.15) is 5.10 Å². The molecule has 0 fully saturated rings. The van der Waals surface area contributed by atoms with Crippen molar-refractivity contribution < 1.29 is 4.79 Å². The number of nitrogens with one attached hydrogen (secondary N) is 1. The molecule has 136 valence electrons. The maximum absolute atomic E-state index is 12.6. The normalized spacial score (nSPS) is 10.9. The number of halogens is 1. The average Bonchev–Trinajstić information content (AvgIpc) is 2.65. The van der Waals surface area contributed by atoms with Crippen LogP contribution in [0.25, 0.3) is 0 Å². The Morgan fingerprint density at radius 2 is 1.93 bits per heavy atom. The van der Waals surface area contributed by atoms with E-state index in [2.05, 4.69) is 10.5 Å². The number of aromatic nitrogens is 1. The summed E-state index contributed by atoms with van der Waals surface area (Å²) in [6.07, 6.45) is 3.17. The van der Waals surface area contributed by atoms with Crippen molar-refractivity contribution in [3.05, 3.63) is 104 Å². The minimum atomic E-state index is -0.552. The van der Waals surface area contributed by atoms with E-state index in [-0.39, 0.29) is 11.1 Å². The van der Waals surface area contributed by atoms with E-state index < -0.39 is 5.91 Å². The Morgan fingerprint density at radius 3 is 2.67 bits per heavy atom. The monoisotopic (exact) mass is 379 g/mol. The number of hydrogen-bond acceptors (Lipinski definition) is 3. The molecule has 0 atom stereocenters. The molecule has 0 aliphatic rings. The maximum atomic E-state index is 12.6. The van der Waals surface area contributed by atoms with Crippen LogP contribution in [0.15, 0.2) is 76.8 Å². The summed E-state index contributed by atoms with van der Waals surface area (Å²) in [4.78, 5) is 24.9. The molecule has 0 unspecified atom stereocenters. The van der Waals surface area contributed by atoms with E-state index in [1.165, 1.54) is 16.8 Å². The van der Waals surface area contributed by atoms with Gasteiger partial charge in [0.15, 0.2) is 0 Å². The van der Waals surface area contributed by atoms with Gasteiger partial charge in [0.2, 0.25) is 0 Å². The molecular formula is C21H18ClN3O2. The summed E-state index contributed by atoms with van der Waals surface area (Å²) < 4.78 is 1.46. The molecule has 0 aliphatic carbocycles. The van der Waals surface area contributed by atoms with E-state index in [4.69, 9.17) is 11.6 Å². The van der Waals surface area contributed by atoms with E-state index in [0.29, 0.717) is 11.6 Å². The van der Waals surface area contributed by atoms with Gasteiger partial charge in [-0.3, -0.25) is 9.59 Å². The third-order valence-electron chi connectivity index (χ3n) is 3.96. The van der Waals surface area contributed by atoms with Crippen molar-refractivity contribution >= 4 is 23.7 Å². The Hall–Kier alpha value is -3.18. The first-order chi connectivity index (χ1) is 13.0. The zero-order chi connectivity index (χ0) is 19.2. The van der Waals surface area contributed by atoms with Crippen molar-refractivity contribution in [2.24, 2.45) is 5.10 Å². The maximum Gasteiger partial charge on any atom is 0.276 e. The van der Waals surface area contributed by atoms with Crippen molar-refractivity contribution in [2.75, 3.05) is 0 Å². The van der Waals surface area contributed by atoms with Gasteiger partial charge in [0.05, 0.1) is 12.8 Å². The highest BCUT2D eigenvalue weighted by Crippen LogP contribution is 2.11. The number of aryl methyl sites for hydroxylation is 1. The molecule has 1 N–H and O–H groups in total. The SMILES string of the molecule is Cc1ccc(/C=N\NC(=O)c2cccn(Cc3cccc(Cl)c3)c2=O)cc1. The molecule has 3 rings (SSSR count). The summed E-state index contributed by atoms with van der Waals surface area (Å²) in [7, 11) is 0. The fraction of sp³-hybridized carbons (Fsp3) is 0.0952. The fourth-order valence-electron chi connectivity index (χ4n) is 2.54. The molecule has 5 nitrogen and oxygen atoms in total. The topological polar surface area (TPSA) is 63.5 Å². The first-order valence-electron chi connectivity index (χ1n) is 8.37. The van der Waals surface area contributed by atoms with Gasteiger partial charge in [-0.1, -0.05) is 53.6 Å². The van der Waals surface area contributed by atoms with Crippen LogP contribution < -0.4 is 11.0 Å². The third kappa shape index (κ3) is 4.92. The number of nitrogens with zero attached hydrogens (tertiary/aromatic N) is 2. The minimum absolute atomic E-state index is 0.0283. The zero-order valence-electron chi connectivity index (χ0n) is 14.7. The van der Waals surface area contributed by atoms with Crippen LogP contribution in [0.4, 0.5) is 0 Å². The number of carbonyl (C=O) groups is 1. The second-order valence-corrected chi connectivity index (χ2v) is 6.53. The lowest BCUT2D eigenvalue weighted by Crippen LogP contribution is -2.30. The van der Waals surface area contributed by atoms with Crippen LogP contribution in [0, 0.1) is 6.92 Å². The Bertz CT molecular complexity index is 1040. The predicted octanol–water partition coefficient (Wildman–Crippen LogP) is 3.62. The first-order valence-corrected chi connectivity index (χ1v) is 8.75. The number of amides is 1. The zero-order valence-corrected chi connectivity index (χ0v) is 15.5. The summed E-state index contributed by atoms with van der Waals surface area (Å²) in [6.45, 7) is 2.32. The molecule has 0 spiro atoms. The first kappa shape index (κ1) is 18.6. The van der Waals surface area contributed by atoms with Crippen molar-refractivity contribution in [2.45, 2.75) is 13.5 Å². The van der Waals surface area contributed by atoms with Gasteiger partial charge in [-0.25, -0.2) is 5.43 Å². The number of pyridine rings is 1. The largest absolute Gasteiger partial charge is 0.310 e. The van der Waals surface area contributed by atoms with Gasteiger partial charge in [0.1, 0.15) is 5.56 Å². The molecule has 0 bridgehead atoms. The predicted molar refractivity (Wildman–Crippen MR) is 107 cm³/mol. The highest BCUT2D eigenvalue weighted by atomic mass is 35.5. The van der Waals surface area contributed by atoms with E-state index in [0.717, 1.165) is 16.7 Å². The lowest BCUT2D eigenvalue weighted by molar-refractivity contribution is 0.0953. The summed E-state index contributed by atoms with van der Waals surface area (Å²) >= 11 is 5.98. The van der Waals surface area contributed by atoms with Crippen molar-refractivity contribution in [1.29, 1.82) is 0 Å². The van der Waals surface area contributed by atoms with E-state index in [9.17, 15) is 9.59 Å². The van der Waals surface area contributed by atoms with Crippen molar-refractivity contribution in [3.8, 4) is 0 Å². The molecule has 0 saturated heterocycles. The van der Waals surface area contributed by atoms with Gasteiger partial charge in [-0.05, 0) is 42.3 Å². The van der Waals surface area contributed by atoms with E-state index >= 15 is 0 Å². The summed E-state index contributed by atoms with van der Waals surface area (Å²) in [5, 5.41) is 4.52. The fourth-order valence-corrected chi connectivity index (χ4v) is 2.76. The molecule has 0 aliphatic heterocycles. The highest BCUT2D eigenvalue weighted by Gasteiger charge is 2.11. The van der Waals surface area contributed by atoms with Crippen LogP contribution in [0.2, 0.25) is 5.02 Å². The molecule has 6 heteroatoms. The molecule has 0 saturated carbocycles. The quantitative estimate of drug-likeness (QED) is 0.543. The number of rotatable bonds is 5. The molecule has 2 aromatic carbocycles. The van der Waals surface area contributed by atoms with Crippen LogP contribution in [0.3, 0.4) is 0 Å². The van der Waals surface area contributed by atoms with Crippen molar-refractivity contribution in [3.63, 3.8) is 0 Å². The lowest BCUT2D eigenvalue weighted by atomic mass is 10.2. The molecule has 1 amide bonds. The van der Waals surface area contributed by atoms with Crippen LogP contribution in [-0.2, 0) is 6.54 Å². The molecule has 1 aromatic heterocycles. The number of hydrazone groups is 1. The Labute approximate surface area is 161 Å². The molecule has 27 heavy (non-hydrogen) atoms. The van der Waals surface area contributed by atoms with Crippen LogP contribution in [0.1, 0.15) is 27.0 Å². The second-order valence-electron chi connectivity index (χ2n) is 6.09. The van der Waals surface area contributed by atoms with E-state index in [1.807, 2.05) is 43.3 Å². The van der Waals surface area contributed by atoms with Crippen LogP contribution in [0.5, 0.6) is 0 Å². The average molecular weight is 380 g/mol. The Kier molecular flexibility index (Phi) is 5.84. The highest BCUT2D eigenvalue weighted by molar-refractivity contribution is 6.30. The minimum Gasteiger partial charge on any atom is -0.310 e. The van der Waals surface area contributed by atoms with Gasteiger partial charge < -0.3 is 4.57 Å². The smallest absolute Gasteiger partial charge is 0.276 e. The number of carbonyl (C=O) groups excluding carboxylic acids is 1. The molecule has 0 radical (unpaired) electrons. The lowest BCUT2D eigenvalue weighted by Gasteiger charge is -2.08. The molecule has 3 aromatic rings. The standard InChI is InChI=1S/C21H18ClN3O2/c1-15-7-9-16(10-8-15)13-23-24-20(26)19-6-3-11-25(21(19)27)14-17-4-2-5-18(22)12-17/h2-13H,14H2,1H3,(H,24,26)/b23-13-.